The van der Waals surface area contributed by atoms with Crippen molar-refractivity contribution in [2.75, 3.05) is 0 Å². The summed E-state index contributed by atoms with van der Waals surface area (Å²) >= 11 is 0. The first kappa shape index (κ1) is 11.6. The highest BCUT2D eigenvalue weighted by Gasteiger charge is 2.19. The van der Waals surface area contributed by atoms with Gasteiger partial charge < -0.3 is 5.11 Å². The Balaban J connectivity index is 2.17. The van der Waals surface area contributed by atoms with Crippen molar-refractivity contribution in [3.63, 3.8) is 0 Å². The van der Waals surface area contributed by atoms with Crippen LogP contribution in [0, 0.1) is 0 Å². The van der Waals surface area contributed by atoms with Crippen LogP contribution in [0.1, 0.15) is 16.7 Å². The molecule has 0 saturated carbocycles. The molecule has 1 N–H and O–H groups in total. The number of hydrogen-bond donors (Lipinski definition) is 1. The Morgan fingerprint density at radius 3 is 2.50 bits per heavy atom. The first-order chi connectivity index (χ1) is 8.79. The minimum Gasteiger partial charge on any atom is -0.392 e. The third-order valence-corrected chi connectivity index (χ3v) is 4.93. The maximum Gasteiger partial charge on any atom is 0.0855 e. The van der Waals surface area contributed by atoms with E-state index in [9.17, 15) is 9.32 Å². The molecule has 0 spiro atoms. The molecule has 0 aromatic heterocycles. The molecule has 3 rings (SSSR count). The van der Waals surface area contributed by atoms with E-state index in [0.717, 1.165) is 39.3 Å². The monoisotopic (exact) mass is 258 g/mol. The van der Waals surface area contributed by atoms with Crippen molar-refractivity contribution in [3.8, 4) is 0 Å². The Morgan fingerprint density at radius 2 is 1.72 bits per heavy atom. The molecule has 1 heterocycles. The van der Waals surface area contributed by atoms with E-state index in [1.165, 1.54) is 0 Å². The summed E-state index contributed by atoms with van der Waals surface area (Å²) in [5.74, 6) is 0. The van der Waals surface area contributed by atoms with Gasteiger partial charge in [-0.05, 0) is 41.7 Å². The first-order valence-corrected chi connectivity index (χ1v) is 7.17. The summed E-state index contributed by atoms with van der Waals surface area (Å²) in [7, 11) is -1.13. The van der Waals surface area contributed by atoms with E-state index in [0.29, 0.717) is 0 Å². The number of fused-ring (bicyclic) bond motifs is 2. The molecule has 0 radical (unpaired) electrons. The van der Waals surface area contributed by atoms with Gasteiger partial charge in [-0.25, -0.2) is 4.21 Å². The summed E-state index contributed by atoms with van der Waals surface area (Å²) in [5, 5.41) is 9.19. The van der Waals surface area contributed by atoms with Crippen molar-refractivity contribution >= 4 is 10.8 Å². The van der Waals surface area contributed by atoms with Crippen LogP contribution in [0.4, 0.5) is 0 Å². The molecule has 0 fully saturated rings. The number of aryl methyl sites for hydroxylation is 2. The fraction of sp³-hybridized carbons (Fsp3) is 0.200. The SMILES string of the molecule is O=S1c2ccccc2CCc2ccc(CO)cc21. The van der Waals surface area contributed by atoms with Crippen molar-refractivity contribution in [2.24, 2.45) is 0 Å². The van der Waals surface area contributed by atoms with E-state index in [1.807, 2.05) is 42.5 Å². The predicted octanol–water partition coefficient (Wildman–Crippen LogP) is 2.44. The second-order valence-electron chi connectivity index (χ2n) is 4.48. The summed E-state index contributed by atoms with van der Waals surface area (Å²) in [6.07, 6.45) is 1.83. The van der Waals surface area contributed by atoms with E-state index in [4.69, 9.17) is 0 Å². The van der Waals surface area contributed by atoms with Crippen LogP contribution in [0.25, 0.3) is 0 Å². The summed E-state index contributed by atoms with van der Waals surface area (Å²) in [5.41, 5.74) is 3.11. The Hall–Kier alpha value is -1.45. The Kier molecular flexibility index (Phi) is 3.02. The van der Waals surface area contributed by atoms with Gasteiger partial charge in [0.15, 0.2) is 0 Å². The van der Waals surface area contributed by atoms with E-state index in [-0.39, 0.29) is 6.61 Å². The van der Waals surface area contributed by atoms with Crippen LogP contribution in [0.2, 0.25) is 0 Å². The quantitative estimate of drug-likeness (QED) is 0.853. The molecule has 1 aliphatic rings. The summed E-state index contributed by atoms with van der Waals surface area (Å²) in [6.45, 7) is -0.00781. The van der Waals surface area contributed by atoms with Crippen LogP contribution in [0.15, 0.2) is 52.3 Å². The molecule has 1 aliphatic heterocycles. The molecule has 2 aromatic carbocycles. The average molecular weight is 258 g/mol. The van der Waals surface area contributed by atoms with Gasteiger partial charge >= 0.3 is 0 Å². The van der Waals surface area contributed by atoms with Gasteiger partial charge in [0.25, 0.3) is 0 Å². The van der Waals surface area contributed by atoms with Gasteiger partial charge in [0, 0.05) is 9.79 Å². The summed E-state index contributed by atoms with van der Waals surface area (Å²) < 4.78 is 12.6. The number of rotatable bonds is 1. The minimum absolute atomic E-state index is 0.00781. The summed E-state index contributed by atoms with van der Waals surface area (Å²) in [4.78, 5) is 1.76. The maximum atomic E-state index is 12.6. The lowest BCUT2D eigenvalue weighted by Crippen LogP contribution is -1.97. The second kappa shape index (κ2) is 4.67. The lowest BCUT2D eigenvalue weighted by Gasteiger charge is -2.07. The first-order valence-electron chi connectivity index (χ1n) is 6.02. The molecular weight excluding hydrogens is 244 g/mol. The summed E-state index contributed by atoms with van der Waals surface area (Å²) in [6, 6.07) is 13.7. The van der Waals surface area contributed by atoms with Crippen molar-refractivity contribution in [2.45, 2.75) is 29.2 Å². The van der Waals surface area contributed by atoms with E-state index < -0.39 is 10.8 Å². The fourth-order valence-electron chi connectivity index (χ4n) is 2.36. The Labute approximate surface area is 109 Å². The zero-order valence-electron chi connectivity index (χ0n) is 9.93. The van der Waals surface area contributed by atoms with Crippen LogP contribution in [0.3, 0.4) is 0 Å². The molecule has 2 aromatic rings. The molecule has 92 valence electrons. The van der Waals surface area contributed by atoms with Crippen molar-refractivity contribution in [1.29, 1.82) is 0 Å². The third kappa shape index (κ3) is 1.89. The number of hydrogen-bond acceptors (Lipinski definition) is 2. The molecule has 1 unspecified atom stereocenters. The fourth-order valence-corrected chi connectivity index (χ4v) is 3.87. The molecule has 0 aliphatic carbocycles. The van der Waals surface area contributed by atoms with E-state index >= 15 is 0 Å². The highest BCUT2D eigenvalue weighted by Crippen LogP contribution is 2.29. The van der Waals surface area contributed by atoms with Gasteiger partial charge in [-0.15, -0.1) is 0 Å². The smallest absolute Gasteiger partial charge is 0.0855 e. The third-order valence-electron chi connectivity index (χ3n) is 3.35. The average Bonchev–Trinajstić information content (AvgIpc) is 2.57. The van der Waals surface area contributed by atoms with Gasteiger partial charge in [-0.3, -0.25) is 0 Å². The standard InChI is InChI=1S/C15H14O2S/c16-10-11-5-6-13-8-7-12-3-1-2-4-14(12)18(17)15(13)9-11/h1-6,9,16H,7-8,10H2. The van der Waals surface area contributed by atoms with E-state index in [1.54, 1.807) is 0 Å². The highest BCUT2D eigenvalue weighted by atomic mass is 32.2. The molecular formula is C15H14O2S. The van der Waals surface area contributed by atoms with Crippen LogP contribution in [0.5, 0.6) is 0 Å². The lowest BCUT2D eigenvalue weighted by molar-refractivity contribution is 0.281. The Morgan fingerprint density at radius 1 is 1.00 bits per heavy atom. The minimum atomic E-state index is -1.13. The molecule has 2 nitrogen and oxygen atoms in total. The maximum absolute atomic E-state index is 12.6. The van der Waals surface area contributed by atoms with E-state index in [2.05, 4.69) is 0 Å². The zero-order chi connectivity index (χ0) is 12.5. The number of aliphatic hydroxyl groups excluding tert-OH is 1. The largest absolute Gasteiger partial charge is 0.392 e. The van der Waals surface area contributed by atoms with Gasteiger partial charge in [0.05, 0.1) is 17.4 Å². The molecule has 0 saturated heterocycles. The van der Waals surface area contributed by atoms with Gasteiger partial charge in [0.2, 0.25) is 0 Å². The zero-order valence-corrected chi connectivity index (χ0v) is 10.7. The van der Waals surface area contributed by atoms with Crippen LogP contribution < -0.4 is 0 Å². The number of aliphatic hydroxyl groups is 1. The van der Waals surface area contributed by atoms with Crippen molar-refractivity contribution in [1.82, 2.24) is 0 Å². The van der Waals surface area contributed by atoms with Crippen LogP contribution in [-0.2, 0) is 30.2 Å². The van der Waals surface area contributed by atoms with Crippen LogP contribution >= 0.6 is 0 Å². The van der Waals surface area contributed by atoms with Gasteiger partial charge in [-0.2, -0.15) is 0 Å². The lowest BCUT2D eigenvalue weighted by atomic mass is 10.0. The Bertz CT molecular complexity index is 620. The molecule has 18 heavy (non-hydrogen) atoms. The highest BCUT2D eigenvalue weighted by molar-refractivity contribution is 7.85. The topological polar surface area (TPSA) is 37.3 Å². The normalized spacial score (nSPS) is 17.7. The predicted molar refractivity (Wildman–Crippen MR) is 70.9 cm³/mol. The van der Waals surface area contributed by atoms with Crippen molar-refractivity contribution < 1.29 is 9.32 Å². The second-order valence-corrected chi connectivity index (χ2v) is 5.89. The number of benzene rings is 2. The van der Waals surface area contributed by atoms with Crippen LogP contribution in [-0.4, -0.2) is 9.32 Å². The molecule has 0 bridgehead atoms. The molecule has 1 atom stereocenters. The molecule has 0 amide bonds. The van der Waals surface area contributed by atoms with Gasteiger partial charge in [0.1, 0.15) is 0 Å². The van der Waals surface area contributed by atoms with Crippen molar-refractivity contribution in [3.05, 3.63) is 59.2 Å². The van der Waals surface area contributed by atoms with Gasteiger partial charge in [-0.1, -0.05) is 30.3 Å². The molecule has 3 heteroatoms.